The molecule has 128 valence electrons. The third-order valence-corrected chi connectivity index (χ3v) is 4.48. The fraction of sp³-hybridized carbons (Fsp3) is 0.0588. The van der Waals surface area contributed by atoms with Gasteiger partial charge in [0.25, 0.3) is 11.8 Å². The second-order valence-electron chi connectivity index (χ2n) is 5.38. The van der Waals surface area contributed by atoms with Gasteiger partial charge < -0.3 is 10.4 Å². The van der Waals surface area contributed by atoms with Gasteiger partial charge in [-0.25, -0.2) is 4.90 Å². The average molecular weight is 398 g/mol. The number of aromatic hydroxyl groups is 1. The Bertz CT molecular complexity index is 941. The highest BCUT2D eigenvalue weighted by Crippen LogP contribution is 2.36. The van der Waals surface area contributed by atoms with Crippen LogP contribution in [0.1, 0.15) is 5.56 Å². The Morgan fingerprint density at radius 2 is 1.72 bits per heavy atom. The second-order valence-corrected chi connectivity index (χ2v) is 6.60. The molecule has 2 N–H and O–H groups in total. The Morgan fingerprint density at radius 3 is 2.40 bits per heavy atom. The third kappa shape index (κ3) is 3.18. The van der Waals surface area contributed by atoms with Crippen LogP contribution >= 0.6 is 34.8 Å². The molecule has 0 atom stereocenters. The minimum atomic E-state index is -0.717. The number of nitrogens with zero attached hydrogens (tertiary/aromatic N) is 1. The zero-order chi connectivity index (χ0) is 18.3. The molecule has 1 heterocycles. The standard InChI is InChI=1S/C17H11Cl3N2O3/c1-8-2-5-13(23)11(6-8)21-15-14(20)16(24)22(17(15)25)12-4-3-9(18)7-10(12)19/h2-7,21,23H,1H3. The summed E-state index contributed by atoms with van der Waals surface area (Å²) in [5, 5.41) is 12.9. The zero-order valence-electron chi connectivity index (χ0n) is 12.8. The molecule has 0 bridgehead atoms. The molecular weight excluding hydrogens is 387 g/mol. The summed E-state index contributed by atoms with van der Waals surface area (Å²) in [5.74, 6) is -1.48. The van der Waals surface area contributed by atoms with Crippen LogP contribution in [0.15, 0.2) is 47.1 Å². The van der Waals surface area contributed by atoms with E-state index in [-0.39, 0.29) is 32.9 Å². The van der Waals surface area contributed by atoms with Crippen molar-refractivity contribution < 1.29 is 14.7 Å². The van der Waals surface area contributed by atoms with E-state index in [4.69, 9.17) is 34.8 Å². The van der Waals surface area contributed by atoms with E-state index in [1.54, 1.807) is 12.1 Å². The summed E-state index contributed by atoms with van der Waals surface area (Å²) in [6, 6.07) is 9.19. The van der Waals surface area contributed by atoms with Crippen LogP contribution in [-0.4, -0.2) is 16.9 Å². The second kappa shape index (κ2) is 6.59. The van der Waals surface area contributed by atoms with E-state index >= 15 is 0 Å². The number of carbonyl (C=O) groups is 2. The van der Waals surface area contributed by atoms with Crippen molar-refractivity contribution in [3.8, 4) is 5.75 Å². The Balaban J connectivity index is 1.98. The van der Waals surface area contributed by atoms with Crippen LogP contribution in [0.3, 0.4) is 0 Å². The van der Waals surface area contributed by atoms with Crippen LogP contribution in [-0.2, 0) is 9.59 Å². The number of hydrogen-bond acceptors (Lipinski definition) is 4. The molecule has 0 unspecified atom stereocenters. The van der Waals surface area contributed by atoms with Crippen LogP contribution in [0, 0.1) is 6.92 Å². The molecule has 0 saturated carbocycles. The van der Waals surface area contributed by atoms with Gasteiger partial charge in [-0.3, -0.25) is 9.59 Å². The summed E-state index contributed by atoms with van der Waals surface area (Å²) in [6.07, 6.45) is 0. The van der Waals surface area contributed by atoms with Gasteiger partial charge in [0.15, 0.2) is 0 Å². The minimum Gasteiger partial charge on any atom is -0.506 e. The van der Waals surface area contributed by atoms with E-state index in [0.717, 1.165) is 10.5 Å². The molecule has 0 fully saturated rings. The Morgan fingerprint density at radius 1 is 1.00 bits per heavy atom. The van der Waals surface area contributed by atoms with Crippen molar-refractivity contribution in [3.63, 3.8) is 0 Å². The lowest BCUT2D eigenvalue weighted by Crippen LogP contribution is -2.32. The van der Waals surface area contributed by atoms with Crippen LogP contribution in [0.2, 0.25) is 10.0 Å². The number of nitrogens with one attached hydrogen (secondary N) is 1. The Labute approximate surface area is 158 Å². The summed E-state index contributed by atoms with van der Waals surface area (Å²) in [5.41, 5.74) is 1.15. The van der Waals surface area contributed by atoms with Crippen molar-refractivity contribution >= 4 is 58.0 Å². The zero-order valence-corrected chi connectivity index (χ0v) is 15.1. The molecule has 8 heteroatoms. The lowest BCUT2D eigenvalue weighted by atomic mass is 10.2. The maximum Gasteiger partial charge on any atom is 0.283 e. The first-order chi connectivity index (χ1) is 11.8. The first kappa shape index (κ1) is 17.6. The van der Waals surface area contributed by atoms with E-state index in [0.29, 0.717) is 5.02 Å². The molecule has 25 heavy (non-hydrogen) atoms. The topological polar surface area (TPSA) is 69.6 Å². The van der Waals surface area contributed by atoms with Gasteiger partial charge in [0.05, 0.1) is 16.4 Å². The molecule has 0 aliphatic carbocycles. The molecule has 2 aromatic rings. The van der Waals surface area contributed by atoms with Gasteiger partial charge in [-0.1, -0.05) is 40.9 Å². The number of carbonyl (C=O) groups excluding carboxylic acids is 2. The van der Waals surface area contributed by atoms with E-state index in [9.17, 15) is 14.7 Å². The summed E-state index contributed by atoms with van der Waals surface area (Å²) in [6.45, 7) is 1.82. The quantitative estimate of drug-likeness (QED) is 0.593. The van der Waals surface area contributed by atoms with E-state index in [1.807, 2.05) is 6.92 Å². The number of halogens is 3. The van der Waals surface area contributed by atoms with E-state index < -0.39 is 11.8 Å². The van der Waals surface area contributed by atoms with Gasteiger partial charge >= 0.3 is 0 Å². The lowest BCUT2D eigenvalue weighted by molar-refractivity contribution is -0.120. The van der Waals surface area contributed by atoms with Gasteiger partial charge in [-0.2, -0.15) is 0 Å². The van der Waals surface area contributed by atoms with Crippen LogP contribution in [0.5, 0.6) is 5.75 Å². The fourth-order valence-electron chi connectivity index (χ4n) is 2.38. The average Bonchev–Trinajstić information content (AvgIpc) is 2.75. The SMILES string of the molecule is Cc1ccc(O)c(NC2=C(Cl)C(=O)N(c3ccc(Cl)cc3Cl)C2=O)c1. The number of phenolic OH excluding ortho intramolecular Hbond substituents is 1. The number of rotatable bonds is 3. The highest BCUT2D eigenvalue weighted by atomic mass is 35.5. The normalized spacial score (nSPS) is 14.5. The van der Waals surface area contributed by atoms with Crippen molar-refractivity contribution in [2.75, 3.05) is 10.2 Å². The highest BCUT2D eigenvalue weighted by molar-refractivity contribution is 6.54. The summed E-state index contributed by atoms with van der Waals surface area (Å²) in [7, 11) is 0. The number of hydrogen-bond donors (Lipinski definition) is 2. The summed E-state index contributed by atoms with van der Waals surface area (Å²) >= 11 is 18.0. The molecule has 0 saturated heterocycles. The van der Waals surface area contributed by atoms with E-state index in [1.165, 1.54) is 24.3 Å². The minimum absolute atomic E-state index is 0.0780. The molecule has 2 amide bonds. The number of aryl methyl sites for hydroxylation is 1. The van der Waals surface area contributed by atoms with Crippen LogP contribution in [0.25, 0.3) is 0 Å². The molecule has 5 nitrogen and oxygen atoms in total. The molecule has 3 rings (SSSR count). The number of anilines is 2. The molecule has 2 aromatic carbocycles. The van der Waals surface area contributed by atoms with Crippen molar-refractivity contribution in [3.05, 3.63) is 62.7 Å². The first-order valence-electron chi connectivity index (χ1n) is 7.10. The van der Waals surface area contributed by atoms with Crippen molar-refractivity contribution in [2.45, 2.75) is 6.92 Å². The van der Waals surface area contributed by atoms with Crippen LogP contribution < -0.4 is 10.2 Å². The number of phenols is 1. The van der Waals surface area contributed by atoms with Gasteiger partial charge in [-0.05, 0) is 42.8 Å². The largest absolute Gasteiger partial charge is 0.506 e. The predicted octanol–water partition coefficient (Wildman–Crippen LogP) is 4.44. The van der Waals surface area contributed by atoms with Crippen molar-refractivity contribution in [1.29, 1.82) is 0 Å². The Hall–Kier alpha value is -2.21. The molecule has 0 aromatic heterocycles. The van der Waals surface area contributed by atoms with Gasteiger partial charge in [0.1, 0.15) is 16.5 Å². The fourth-order valence-corrected chi connectivity index (χ4v) is 3.08. The van der Waals surface area contributed by atoms with Crippen LogP contribution in [0.4, 0.5) is 11.4 Å². The molecular formula is C17H11Cl3N2O3. The van der Waals surface area contributed by atoms with Crippen molar-refractivity contribution in [2.24, 2.45) is 0 Å². The molecule has 0 radical (unpaired) electrons. The van der Waals surface area contributed by atoms with E-state index in [2.05, 4.69) is 5.32 Å². The summed E-state index contributed by atoms with van der Waals surface area (Å²) < 4.78 is 0. The predicted molar refractivity (Wildman–Crippen MR) is 98.3 cm³/mol. The van der Waals surface area contributed by atoms with Crippen molar-refractivity contribution in [1.82, 2.24) is 0 Å². The number of imide groups is 1. The number of amides is 2. The molecule has 1 aliphatic rings. The first-order valence-corrected chi connectivity index (χ1v) is 8.23. The number of benzene rings is 2. The maximum atomic E-state index is 12.7. The smallest absolute Gasteiger partial charge is 0.283 e. The molecule has 1 aliphatic heterocycles. The van der Waals surface area contributed by atoms with Gasteiger partial charge in [0, 0.05) is 5.02 Å². The van der Waals surface area contributed by atoms with Gasteiger partial charge in [-0.15, -0.1) is 0 Å². The monoisotopic (exact) mass is 396 g/mol. The third-order valence-electron chi connectivity index (χ3n) is 3.59. The molecule has 0 spiro atoms. The Kier molecular flexibility index (Phi) is 4.64. The lowest BCUT2D eigenvalue weighted by Gasteiger charge is -2.17. The maximum absolute atomic E-state index is 12.7. The van der Waals surface area contributed by atoms with Gasteiger partial charge in [0.2, 0.25) is 0 Å². The highest BCUT2D eigenvalue weighted by Gasteiger charge is 2.40. The summed E-state index contributed by atoms with van der Waals surface area (Å²) in [4.78, 5) is 26.0.